The molecule has 0 spiro atoms. The molecule has 4 nitrogen and oxygen atoms in total. The summed E-state index contributed by atoms with van der Waals surface area (Å²) in [5.74, 6) is -1.86. The fraction of sp³-hybridized carbons (Fsp3) is 0.125. The molecule has 6 heteroatoms. The van der Waals surface area contributed by atoms with Crippen LogP contribution in [0.2, 0.25) is 0 Å². The van der Waals surface area contributed by atoms with Crippen LogP contribution in [0.15, 0.2) is 53.0 Å². The van der Waals surface area contributed by atoms with E-state index >= 15 is 0 Å². The molecule has 0 unspecified atom stereocenters. The third kappa shape index (κ3) is 4.39. The fourth-order valence-corrected chi connectivity index (χ4v) is 2.25. The molecule has 0 aliphatic carbocycles. The molecule has 0 radical (unpaired) electrons. The number of anilines is 1. The number of amides is 2. The molecular formula is C16H14BrFN2O2. The quantitative estimate of drug-likeness (QED) is 0.820. The van der Waals surface area contributed by atoms with E-state index in [9.17, 15) is 14.0 Å². The maximum Gasteiger partial charge on any atom is 0.313 e. The number of rotatable bonds is 3. The second kappa shape index (κ2) is 7.17. The summed E-state index contributed by atoms with van der Waals surface area (Å²) >= 11 is 3.28. The van der Waals surface area contributed by atoms with Gasteiger partial charge in [-0.15, -0.1) is 0 Å². The Morgan fingerprint density at radius 1 is 1.09 bits per heavy atom. The molecular weight excluding hydrogens is 351 g/mol. The predicted molar refractivity (Wildman–Crippen MR) is 85.7 cm³/mol. The highest BCUT2D eigenvalue weighted by atomic mass is 79.9. The lowest BCUT2D eigenvalue weighted by Gasteiger charge is -2.14. The summed E-state index contributed by atoms with van der Waals surface area (Å²) in [6.45, 7) is 1.72. The summed E-state index contributed by atoms with van der Waals surface area (Å²) in [7, 11) is 0. The summed E-state index contributed by atoms with van der Waals surface area (Å²) < 4.78 is 13.7. The first-order chi connectivity index (χ1) is 10.5. The summed E-state index contributed by atoms with van der Waals surface area (Å²) in [5, 5.41) is 5.07. The van der Waals surface area contributed by atoms with Gasteiger partial charge in [-0.2, -0.15) is 0 Å². The highest BCUT2D eigenvalue weighted by molar-refractivity contribution is 9.10. The number of nitrogens with one attached hydrogen (secondary N) is 2. The first kappa shape index (κ1) is 16.2. The van der Waals surface area contributed by atoms with Gasteiger partial charge in [-0.05, 0) is 42.8 Å². The first-order valence-electron chi connectivity index (χ1n) is 6.58. The molecule has 0 aliphatic heterocycles. The van der Waals surface area contributed by atoms with Crippen molar-refractivity contribution in [3.8, 4) is 0 Å². The summed E-state index contributed by atoms with van der Waals surface area (Å²) in [6, 6.07) is 12.3. The van der Waals surface area contributed by atoms with Gasteiger partial charge in [0.05, 0.1) is 6.04 Å². The third-order valence-corrected chi connectivity index (χ3v) is 3.50. The van der Waals surface area contributed by atoms with Crippen molar-refractivity contribution in [2.75, 3.05) is 5.32 Å². The van der Waals surface area contributed by atoms with Crippen LogP contribution in [0.25, 0.3) is 0 Å². The Morgan fingerprint density at radius 3 is 2.41 bits per heavy atom. The molecule has 0 aliphatic rings. The minimum atomic E-state index is -0.757. The molecule has 0 saturated heterocycles. The second-order valence-corrected chi connectivity index (χ2v) is 5.63. The number of carbonyl (C=O) groups excluding carboxylic acids is 2. The Labute approximate surface area is 135 Å². The summed E-state index contributed by atoms with van der Waals surface area (Å²) in [6.07, 6.45) is 0. The zero-order valence-electron chi connectivity index (χ0n) is 11.8. The van der Waals surface area contributed by atoms with Crippen molar-refractivity contribution in [2.45, 2.75) is 13.0 Å². The van der Waals surface area contributed by atoms with Gasteiger partial charge in [-0.25, -0.2) is 4.39 Å². The smallest absolute Gasteiger partial charge is 0.313 e. The van der Waals surface area contributed by atoms with Gasteiger partial charge in [0.1, 0.15) is 5.82 Å². The van der Waals surface area contributed by atoms with E-state index in [2.05, 4.69) is 26.6 Å². The Bertz CT molecular complexity index is 689. The Balaban J connectivity index is 1.96. The maximum absolute atomic E-state index is 12.9. The van der Waals surface area contributed by atoms with Crippen LogP contribution in [0.5, 0.6) is 0 Å². The van der Waals surface area contributed by atoms with Crippen LogP contribution in [0.1, 0.15) is 18.5 Å². The molecule has 1 atom stereocenters. The molecule has 2 amide bonds. The Hall–Kier alpha value is -2.21. The van der Waals surface area contributed by atoms with E-state index in [1.807, 2.05) is 6.07 Å². The van der Waals surface area contributed by atoms with E-state index in [0.717, 1.165) is 4.47 Å². The molecule has 0 aromatic heterocycles. The minimum Gasteiger partial charge on any atom is -0.341 e. The highest BCUT2D eigenvalue weighted by Gasteiger charge is 2.17. The van der Waals surface area contributed by atoms with Gasteiger partial charge in [0.25, 0.3) is 0 Å². The van der Waals surface area contributed by atoms with Crippen LogP contribution >= 0.6 is 15.9 Å². The van der Waals surface area contributed by atoms with E-state index in [1.165, 1.54) is 12.1 Å². The predicted octanol–water partition coefficient (Wildman–Crippen LogP) is 3.40. The monoisotopic (exact) mass is 364 g/mol. The standard InChI is InChI=1S/C16H14BrFN2O2/c1-10(11-5-7-13(18)8-6-11)19-15(21)16(22)20-14-4-2-3-12(17)9-14/h2-10H,1H3,(H,19,21)(H,20,22)/t10-/m1/s1. The lowest BCUT2D eigenvalue weighted by atomic mass is 10.1. The van der Waals surface area contributed by atoms with Gasteiger partial charge in [0.15, 0.2) is 0 Å². The van der Waals surface area contributed by atoms with Crippen LogP contribution < -0.4 is 10.6 Å². The molecule has 2 rings (SSSR count). The van der Waals surface area contributed by atoms with Gasteiger partial charge in [-0.3, -0.25) is 9.59 Å². The minimum absolute atomic E-state index is 0.352. The van der Waals surface area contributed by atoms with E-state index < -0.39 is 17.9 Å². The molecule has 114 valence electrons. The molecule has 2 aromatic rings. The molecule has 0 fully saturated rings. The van der Waals surface area contributed by atoms with Crippen LogP contribution in [-0.2, 0) is 9.59 Å². The van der Waals surface area contributed by atoms with Gasteiger partial charge in [0.2, 0.25) is 0 Å². The van der Waals surface area contributed by atoms with Crippen molar-refractivity contribution < 1.29 is 14.0 Å². The van der Waals surface area contributed by atoms with Crippen molar-refractivity contribution in [1.82, 2.24) is 5.32 Å². The Morgan fingerprint density at radius 2 is 1.77 bits per heavy atom. The molecule has 2 N–H and O–H groups in total. The average Bonchev–Trinajstić information content (AvgIpc) is 2.47. The molecule has 2 aromatic carbocycles. The number of carbonyl (C=O) groups is 2. The highest BCUT2D eigenvalue weighted by Crippen LogP contribution is 2.16. The van der Waals surface area contributed by atoms with Crippen molar-refractivity contribution in [3.63, 3.8) is 0 Å². The summed E-state index contributed by atoms with van der Waals surface area (Å²) in [5.41, 5.74) is 1.23. The number of hydrogen-bond acceptors (Lipinski definition) is 2. The fourth-order valence-electron chi connectivity index (χ4n) is 1.85. The van der Waals surface area contributed by atoms with Crippen LogP contribution in [-0.4, -0.2) is 11.8 Å². The molecule has 0 heterocycles. The number of halogens is 2. The lowest BCUT2D eigenvalue weighted by Crippen LogP contribution is -2.36. The van der Waals surface area contributed by atoms with Crippen LogP contribution in [0.3, 0.4) is 0 Å². The van der Waals surface area contributed by atoms with Crippen LogP contribution in [0, 0.1) is 5.82 Å². The van der Waals surface area contributed by atoms with Crippen molar-refractivity contribution in [2.24, 2.45) is 0 Å². The molecule has 22 heavy (non-hydrogen) atoms. The third-order valence-electron chi connectivity index (χ3n) is 3.01. The summed E-state index contributed by atoms with van der Waals surface area (Å²) in [4.78, 5) is 23.7. The van der Waals surface area contributed by atoms with E-state index in [0.29, 0.717) is 11.3 Å². The van der Waals surface area contributed by atoms with E-state index in [1.54, 1.807) is 37.3 Å². The van der Waals surface area contributed by atoms with Crippen molar-refractivity contribution >= 4 is 33.4 Å². The SMILES string of the molecule is C[C@@H](NC(=O)C(=O)Nc1cccc(Br)c1)c1ccc(F)cc1. The van der Waals surface area contributed by atoms with Gasteiger partial charge in [0, 0.05) is 10.2 Å². The van der Waals surface area contributed by atoms with E-state index in [4.69, 9.17) is 0 Å². The largest absolute Gasteiger partial charge is 0.341 e. The zero-order chi connectivity index (χ0) is 16.1. The lowest BCUT2D eigenvalue weighted by molar-refractivity contribution is -0.136. The Kier molecular flexibility index (Phi) is 5.27. The number of hydrogen-bond donors (Lipinski definition) is 2. The normalized spacial score (nSPS) is 11.6. The topological polar surface area (TPSA) is 58.2 Å². The maximum atomic E-state index is 12.9. The number of benzene rings is 2. The van der Waals surface area contributed by atoms with Gasteiger partial charge >= 0.3 is 11.8 Å². The van der Waals surface area contributed by atoms with Gasteiger partial charge < -0.3 is 10.6 Å². The van der Waals surface area contributed by atoms with Crippen molar-refractivity contribution in [3.05, 3.63) is 64.4 Å². The van der Waals surface area contributed by atoms with E-state index in [-0.39, 0.29) is 5.82 Å². The first-order valence-corrected chi connectivity index (χ1v) is 7.38. The van der Waals surface area contributed by atoms with Gasteiger partial charge in [-0.1, -0.05) is 34.1 Å². The average molecular weight is 365 g/mol. The molecule has 0 saturated carbocycles. The van der Waals surface area contributed by atoms with Crippen molar-refractivity contribution in [1.29, 1.82) is 0 Å². The van der Waals surface area contributed by atoms with Crippen LogP contribution in [0.4, 0.5) is 10.1 Å². The zero-order valence-corrected chi connectivity index (χ0v) is 13.4. The molecule has 0 bridgehead atoms. The second-order valence-electron chi connectivity index (χ2n) is 4.71.